The van der Waals surface area contributed by atoms with Gasteiger partial charge < -0.3 is 13.8 Å². The van der Waals surface area contributed by atoms with E-state index in [4.69, 9.17) is 23.3 Å². The maximum absolute atomic E-state index is 6.40. The third-order valence-electron chi connectivity index (χ3n) is 4.77. The molecule has 0 unspecified atom stereocenters. The van der Waals surface area contributed by atoms with Crippen LogP contribution in [-0.2, 0) is 0 Å². The van der Waals surface area contributed by atoms with Crippen LogP contribution in [0.25, 0.3) is 0 Å². The van der Waals surface area contributed by atoms with Gasteiger partial charge in [0.15, 0.2) is 5.84 Å². The molecule has 0 bridgehead atoms. The van der Waals surface area contributed by atoms with Crippen molar-refractivity contribution in [2.45, 2.75) is 0 Å². The van der Waals surface area contributed by atoms with E-state index in [-0.39, 0.29) is 6.02 Å². The summed E-state index contributed by atoms with van der Waals surface area (Å²) in [4.78, 5) is 4.60. The van der Waals surface area contributed by atoms with Crippen LogP contribution in [0.5, 0.6) is 17.2 Å². The van der Waals surface area contributed by atoms with Crippen molar-refractivity contribution in [3.05, 3.63) is 122 Å². The lowest BCUT2D eigenvalue weighted by molar-refractivity contribution is 0.471. The number of hydrogen-bond acceptors (Lipinski definition) is 6. The molecular formula is C26H17Br3N3O3P. The minimum Gasteiger partial charge on any atom is -0.424 e. The number of rotatable bonds is 6. The molecular weight excluding hydrogens is 673 g/mol. The molecule has 5 rings (SSSR count). The van der Waals surface area contributed by atoms with Gasteiger partial charge in [-0.05, 0) is 72.8 Å². The number of hydrogen-bond donors (Lipinski definition) is 0. The third-order valence-corrected chi connectivity index (χ3v) is 8.11. The van der Waals surface area contributed by atoms with Gasteiger partial charge in [-0.2, -0.15) is 9.74 Å². The highest BCUT2D eigenvalue weighted by Crippen LogP contribution is 2.55. The number of nitrogens with zero attached hydrogens (tertiary/aromatic N) is 3. The Balaban J connectivity index is 1.64. The predicted molar refractivity (Wildman–Crippen MR) is 154 cm³/mol. The molecule has 0 saturated heterocycles. The number of amidine groups is 2. The zero-order chi connectivity index (χ0) is 25.0. The maximum atomic E-state index is 6.40. The van der Waals surface area contributed by atoms with Crippen molar-refractivity contribution in [2.75, 3.05) is 0 Å². The van der Waals surface area contributed by atoms with Crippen LogP contribution in [0.4, 0.5) is 0 Å². The standard InChI is InChI=1S/C26H17Br3N3O3P/c27-19-6-12-22(13-7-19)33-26-30-25(18-4-2-1-3-5-18)31-36(32-26,34-23-14-8-20(28)9-15-23)35-24-16-10-21(29)11-17-24/h1-17H. The van der Waals surface area contributed by atoms with Gasteiger partial charge in [0.2, 0.25) is 0 Å². The molecule has 0 radical (unpaired) electrons. The quantitative estimate of drug-likeness (QED) is 0.190. The highest BCUT2D eigenvalue weighted by molar-refractivity contribution is 9.11. The van der Waals surface area contributed by atoms with Crippen molar-refractivity contribution >= 4 is 67.3 Å². The molecule has 4 aromatic carbocycles. The lowest BCUT2D eigenvalue weighted by atomic mass is 10.2. The summed E-state index contributed by atoms with van der Waals surface area (Å²) < 4.78 is 31.2. The van der Waals surface area contributed by atoms with E-state index in [2.05, 4.69) is 52.8 Å². The highest BCUT2D eigenvalue weighted by atomic mass is 79.9. The molecule has 1 aliphatic heterocycles. The molecule has 6 nitrogen and oxygen atoms in total. The molecule has 0 saturated carbocycles. The van der Waals surface area contributed by atoms with E-state index in [0.29, 0.717) is 23.1 Å². The Morgan fingerprint density at radius 1 is 0.556 bits per heavy atom. The smallest absolute Gasteiger partial charge is 0.424 e. The summed E-state index contributed by atoms with van der Waals surface area (Å²) in [5.41, 5.74) is 0.785. The van der Waals surface area contributed by atoms with Crippen LogP contribution in [0.1, 0.15) is 5.56 Å². The Morgan fingerprint density at radius 2 is 1.03 bits per heavy atom. The molecule has 0 aliphatic carbocycles. The van der Waals surface area contributed by atoms with Crippen molar-refractivity contribution < 1.29 is 13.8 Å². The van der Waals surface area contributed by atoms with Crippen LogP contribution in [0.2, 0.25) is 0 Å². The summed E-state index contributed by atoms with van der Waals surface area (Å²) in [6, 6.07) is 31.9. The second-order valence-corrected chi connectivity index (χ2v) is 11.9. The van der Waals surface area contributed by atoms with E-state index in [1.165, 1.54) is 0 Å². The van der Waals surface area contributed by atoms with Crippen molar-refractivity contribution in [3.8, 4) is 17.2 Å². The van der Waals surface area contributed by atoms with E-state index < -0.39 is 7.66 Å². The first kappa shape index (κ1) is 25.0. The number of halogens is 3. The third kappa shape index (κ3) is 6.34. The topological polar surface area (TPSA) is 64.8 Å². The Bertz CT molecular complexity index is 1420. The normalized spacial score (nSPS) is 14.2. The van der Waals surface area contributed by atoms with E-state index in [1.807, 2.05) is 103 Å². The number of aliphatic imine (C=N–C) groups is 1. The maximum Gasteiger partial charge on any atom is 0.455 e. The Labute approximate surface area is 233 Å². The summed E-state index contributed by atoms with van der Waals surface area (Å²) in [5, 5.41) is 0. The summed E-state index contributed by atoms with van der Waals surface area (Å²) in [6.45, 7) is 0. The fraction of sp³-hybridized carbons (Fsp3) is 0. The van der Waals surface area contributed by atoms with Crippen LogP contribution >= 0.6 is 55.4 Å². The van der Waals surface area contributed by atoms with Gasteiger partial charge >= 0.3 is 13.7 Å². The SMILES string of the molecule is Brc1ccc(OC2=NP(Oc3ccc(Br)cc3)(Oc3ccc(Br)cc3)=NC(c3ccccc3)=N2)cc1. The minimum absolute atomic E-state index is 0.0914. The highest BCUT2D eigenvalue weighted by Gasteiger charge is 2.33. The fourth-order valence-corrected chi connectivity index (χ4v) is 5.64. The average Bonchev–Trinajstić information content (AvgIpc) is 2.89. The zero-order valence-corrected chi connectivity index (χ0v) is 24.1. The van der Waals surface area contributed by atoms with Gasteiger partial charge in [0.05, 0.1) is 0 Å². The second kappa shape index (κ2) is 11.1. The van der Waals surface area contributed by atoms with Crippen molar-refractivity contribution in [1.29, 1.82) is 0 Å². The molecule has 10 heteroatoms. The summed E-state index contributed by atoms with van der Waals surface area (Å²) >= 11 is 10.4. The Kier molecular flexibility index (Phi) is 7.72. The largest absolute Gasteiger partial charge is 0.455 e. The van der Waals surface area contributed by atoms with Crippen molar-refractivity contribution in [1.82, 2.24) is 0 Å². The molecule has 1 aliphatic rings. The molecule has 1 heterocycles. The van der Waals surface area contributed by atoms with Gasteiger partial charge in [-0.3, -0.25) is 0 Å². The molecule has 0 aromatic heterocycles. The molecule has 0 amide bonds. The number of ether oxygens (including phenoxy) is 1. The Hall–Kier alpha value is -2.71. The monoisotopic (exact) mass is 687 g/mol. The first-order valence-electron chi connectivity index (χ1n) is 10.7. The lowest BCUT2D eigenvalue weighted by Gasteiger charge is -2.24. The van der Waals surface area contributed by atoms with Gasteiger partial charge in [-0.15, -0.1) is 4.76 Å². The average molecular weight is 690 g/mol. The van der Waals surface area contributed by atoms with Crippen LogP contribution in [0, 0.1) is 0 Å². The summed E-state index contributed by atoms with van der Waals surface area (Å²) in [7, 11) is -3.37. The van der Waals surface area contributed by atoms with Crippen LogP contribution in [0.15, 0.2) is 131 Å². The van der Waals surface area contributed by atoms with Gasteiger partial charge in [-0.1, -0.05) is 78.1 Å². The fourth-order valence-electron chi connectivity index (χ4n) is 3.11. The van der Waals surface area contributed by atoms with Gasteiger partial charge in [0.25, 0.3) is 0 Å². The van der Waals surface area contributed by atoms with Gasteiger partial charge in [-0.25, -0.2) is 0 Å². The first-order chi connectivity index (χ1) is 17.5. The molecule has 0 fully saturated rings. The number of benzene rings is 4. The van der Waals surface area contributed by atoms with E-state index in [0.717, 1.165) is 19.0 Å². The van der Waals surface area contributed by atoms with E-state index in [9.17, 15) is 0 Å². The minimum atomic E-state index is -3.37. The van der Waals surface area contributed by atoms with Gasteiger partial charge in [0, 0.05) is 19.0 Å². The molecule has 180 valence electrons. The van der Waals surface area contributed by atoms with Crippen LogP contribution < -0.4 is 13.8 Å². The predicted octanol–water partition coefficient (Wildman–Crippen LogP) is 9.27. The van der Waals surface area contributed by atoms with Crippen LogP contribution in [0.3, 0.4) is 0 Å². The summed E-state index contributed by atoms with van der Waals surface area (Å²) in [6.07, 6.45) is 0. The van der Waals surface area contributed by atoms with E-state index in [1.54, 1.807) is 0 Å². The zero-order valence-electron chi connectivity index (χ0n) is 18.5. The van der Waals surface area contributed by atoms with Crippen molar-refractivity contribution in [2.24, 2.45) is 14.5 Å². The van der Waals surface area contributed by atoms with Crippen molar-refractivity contribution in [3.63, 3.8) is 0 Å². The molecule has 0 atom stereocenters. The Morgan fingerprint density at radius 3 is 1.53 bits per heavy atom. The molecule has 36 heavy (non-hydrogen) atoms. The van der Waals surface area contributed by atoms with Crippen LogP contribution in [-0.4, -0.2) is 11.9 Å². The molecule has 4 aromatic rings. The molecule has 0 N–H and O–H groups in total. The van der Waals surface area contributed by atoms with E-state index >= 15 is 0 Å². The molecule has 0 spiro atoms. The van der Waals surface area contributed by atoms with Gasteiger partial charge in [0.1, 0.15) is 17.2 Å². The lowest BCUT2D eigenvalue weighted by Crippen LogP contribution is -2.16. The summed E-state index contributed by atoms with van der Waals surface area (Å²) in [5.74, 6) is 2.07. The first-order valence-corrected chi connectivity index (χ1v) is 14.6. The second-order valence-electron chi connectivity index (χ2n) is 7.42.